The Kier molecular flexibility index (Phi) is 1.10. The summed E-state index contributed by atoms with van der Waals surface area (Å²) >= 11 is 0. The van der Waals surface area contributed by atoms with Gasteiger partial charge in [0.25, 0.3) is 0 Å². The van der Waals surface area contributed by atoms with E-state index in [9.17, 15) is 0 Å². The minimum Gasteiger partial charge on any atom is -0.327 e. The van der Waals surface area contributed by atoms with Gasteiger partial charge in [0.15, 0.2) is 0 Å². The molecule has 3 saturated carbocycles. The first-order valence-electron chi connectivity index (χ1n) is 4.08. The lowest BCUT2D eigenvalue weighted by atomic mass is 9.77. The summed E-state index contributed by atoms with van der Waals surface area (Å²) in [7, 11) is 0. The third-order valence-corrected chi connectivity index (χ3v) is 3.35. The molecule has 2 bridgehead atoms. The van der Waals surface area contributed by atoms with E-state index >= 15 is 0 Å². The second-order valence-electron chi connectivity index (χ2n) is 3.64. The lowest BCUT2D eigenvalue weighted by Gasteiger charge is -2.33. The first-order chi connectivity index (χ1) is 4.33. The fraction of sp³-hybridized carbons (Fsp3) is 1.00. The summed E-state index contributed by atoms with van der Waals surface area (Å²) in [4.78, 5) is 0. The van der Waals surface area contributed by atoms with Crippen LogP contribution in [0.25, 0.3) is 0 Å². The van der Waals surface area contributed by atoms with Crippen molar-refractivity contribution in [2.75, 3.05) is 0 Å². The normalized spacial score (nSPS) is 55.3. The molecule has 4 unspecified atom stereocenters. The minimum absolute atomic E-state index is 0.593. The van der Waals surface area contributed by atoms with E-state index in [-0.39, 0.29) is 0 Å². The summed E-state index contributed by atoms with van der Waals surface area (Å²) in [5.41, 5.74) is 5.89. The Morgan fingerprint density at radius 2 is 2.22 bits per heavy atom. The van der Waals surface area contributed by atoms with Gasteiger partial charge in [-0.15, -0.1) is 0 Å². The fourth-order valence-corrected chi connectivity index (χ4v) is 2.61. The molecule has 0 spiro atoms. The van der Waals surface area contributed by atoms with E-state index in [0.29, 0.717) is 6.04 Å². The van der Waals surface area contributed by atoms with Crippen molar-refractivity contribution in [2.24, 2.45) is 23.5 Å². The SMILES string of the molecule is CCC1CC2CC1C2N. The molecule has 3 fully saturated rings. The highest BCUT2D eigenvalue weighted by molar-refractivity contribution is 5.03. The van der Waals surface area contributed by atoms with Crippen LogP contribution in [0.4, 0.5) is 0 Å². The zero-order valence-electron chi connectivity index (χ0n) is 6.01. The molecule has 3 aliphatic rings. The summed E-state index contributed by atoms with van der Waals surface area (Å²) in [5.74, 6) is 2.82. The van der Waals surface area contributed by atoms with Gasteiger partial charge in [-0.3, -0.25) is 0 Å². The van der Waals surface area contributed by atoms with Crippen LogP contribution in [0.1, 0.15) is 26.2 Å². The fourth-order valence-electron chi connectivity index (χ4n) is 2.61. The molecule has 9 heavy (non-hydrogen) atoms. The molecule has 1 heteroatoms. The molecule has 0 radical (unpaired) electrons. The molecule has 1 nitrogen and oxygen atoms in total. The van der Waals surface area contributed by atoms with Gasteiger partial charge in [0, 0.05) is 6.04 Å². The van der Waals surface area contributed by atoms with E-state index in [1.807, 2.05) is 0 Å². The second kappa shape index (κ2) is 1.72. The Balaban J connectivity index is 2.03. The van der Waals surface area contributed by atoms with Crippen LogP contribution in [0.2, 0.25) is 0 Å². The Labute approximate surface area is 56.6 Å². The highest BCUT2D eigenvalue weighted by Crippen LogP contribution is 2.52. The molecule has 0 aliphatic heterocycles. The van der Waals surface area contributed by atoms with E-state index < -0.39 is 0 Å². The molecule has 0 aromatic heterocycles. The Morgan fingerprint density at radius 3 is 2.44 bits per heavy atom. The maximum Gasteiger partial charge on any atom is 0.00986 e. The van der Waals surface area contributed by atoms with Crippen molar-refractivity contribution in [3.8, 4) is 0 Å². The average Bonchev–Trinajstić information content (AvgIpc) is 2.40. The monoisotopic (exact) mass is 125 g/mol. The summed E-state index contributed by atoms with van der Waals surface area (Å²) in [6.45, 7) is 2.29. The van der Waals surface area contributed by atoms with Crippen LogP contribution >= 0.6 is 0 Å². The van der Waals surface area contributed by atoms with Crippen molar-refractivity contribution >= 4 is 0 Å². The van der Waals surface area contributed by atoms with Crippen molar-refractivity contribution in [3.63, 3.8) is 0 Å². The van der Waals surface area contributed by atoms with Gasteiger partial charge in [-0.25, -0.2) is 0 Å². The molecule has 3 aliphatic carbocycles. The molecule has 0 aromatic rings. The Morgan fingerprint density at radius 1 is 1.44 bits per heavy atom. The third-order valence-electron chi connectivity index (χ3n) is 3.35. The van der Waals surface area contributed by atoms with Gasteiger partial charge >= 0.3 is 0 Å². The van der Waals surface area contributed by atoms with Crippen LogP contribution < -0.4 is 5.73 Å². The highest BCUT2D eigenvalue weighted by Gasteiger charge is 2.49. The summed E-state index contributed by atoms with van der Waals surface area (Å²) < 4.78 is 0. The van der Waals surface area contributed by atoms with Gasteiger partial charge in [-0.2, -0.15) is 0 Å². The third kappa shape index (κ3) is 0.586. The summed E-state index contributed by atoms with van der Waals surface area (Å²) in [6, 6.07) is 0.593. The highest BCUT2D eigenvalue weighted by atomic mass is 14.8. The largest absolute Gasteiger partial charge is 0.327 e. The molecule has 52 valence electrons. The van der Waals surface area contributed by atoms with Crippen LogP contribution in [0.15, 0.2) is 0 Å². The molecular weight excluding hydrogens is 110 g/mol. The van der Waals surface area contributed by atoms with Gasteiger partial charge in [0.2, 0.25) is 0 Å². The first-order valence-corrected chi connectivity index (χ1v) is 4.08. The Hall–Kier alpha value is -0.0400. The number of fused-ring (bicyclic) bond motifs is 1. The van der Waals surface area contributed by atoms with Gasteiger partial charge in [-0.1, -0.05) is 13.3 Å². The number of hydrogen-bond donors (Lipinski definition) is 1. The minimum atomic E-state index is 0.593. The molecule has 4 atom stereocenters. The van der Waals surface area contributed by atoms with Crippen LogP contribution in [0, 0.1) is 17.8 Å². The van der Waals surface area contributed by atoms with E-state index in [0.717, 1.165) is 17.8 Å². The molecule has 0 saturated heterocycles. The van der Waals surface area contributed by atoms with Gasteiger partial charge in [0.05, 0.1) is 0 Å². The van der Waals surface area contributed by atoms with Crippen molar-refractivity contribution in [1.29, 1.82) is 0 Å². The summed E-state index contributed by atoms with van der Waals surface area (Å²) in [5, 5.41) is 0. The van der Waals surface area contributed by atoms with Gasteiger partial charge < -0.3 is 5.73 Å². The molecule has 0 heterocycles. The zero-order valence-corrected chi connectivity index (χ0v) is 6.01. The van der Waals surface area contributed by atoms with Crippen molar-refractivity contribution in [3.05, 3.63) is 0 Å². The predicted molar refractivity (Wildman–Crippen MR) is 38.0 cm³/mol. The number of hydrogen-bond acceptors (Lipinski definition) is 1. The van der Waals surface area contributed by atoms with Gasteiger partial charge in [-0.05, 0) is 30.6 Å². The van der Waals surface area contributed by atoms with Crippen LogP contribution in [-0.2, 0) is 0 Å². The molecule has 0 amide bonds. The average molecular weight is 125 g/mol. The predicted octanol–water partition coefficient (Wildman–Crippen LogP) is 1.38. The van der Waals surface area contributed by atoms with Crippen molar-refractivity contribution in [1.82, 2.24) is 0 Å². The van der Waals surface area contributed by atoms with E-state index in [1.165, 1.54) is 19.3 Å². The lowest BCUT2D eigenvalue weighted by Crippen LogP contribution is -2.42. The molecule has 2 N–H and O–H groups in total. The standard InChI is InChI=1S/C8H15N/c1-2-5-3-6-4-7(5)8(6)9/h5-8H,2-4,9H2,1H3. The van der Waals surface area contributed by atoms with Gasteiger partial charge in [0.1, 0.15) is 0 Å². The molecular formula is C8H15N. The quantitative estimate of drug-likeness (QED) is 0.563. The topological polar surface area (TPSA) is 26.0 Å². The number of rotatable bonds is 1. The van der Waals surface area contributed by atoms with Crippen LogP contribution in [0.5, 0.6) is 0 Å². The maximum absolute atomic E-state index is 5.89. The maximum atomic E-state index is 5.89. The first kappa shape index (κ1) is 5.72. The lowest BCUT2D eigenvalue weighted by molar-refractivity contribution is 0.217. The second-order valence-corrected chi connectivity index (χ2v) is 3.64. The van der Waals surface area contributed by atoms with Crippen molar-refractivity contribution in [2.45, 2.75) is 32.2 Å². The van der Waals surface area contributed by atoms with E-state index in [2.05, 4.69) is 6.92 Å². The molecule has 0 aromatic carbocycles. The van der Waals surface area contributed by atoms with Crippen LogP contribution in [0.3, 0.4) is 0 Å². The summed E-state index contributed by atoms with van der Waals surface area (Å²) in [6.07, 6.45) is 4.23. The zero-order chi connectivity index (χ0) is 6.43. The number of nitrogens with two attached hydrogens (primary N) is 1. The molecule has 3 rings (SSSR count). The Bertz CT molecular complexity index is 122. The van der Waals surface area contributed by atoms with Crippen LogP contribution in [-0.4, -0.2) is 6.04 Å². The van der Waals surface area contributed by atoms with E-state index in [1.54, 1.807) is 0 Å². The van der Waals surface area contributed by atoms with Crippen molar-refractivity contribution < 1.29 is 0 Å². The smallest absolute Gasteiger partial charge is 0.00986 e. The van der Waals surface area contributed by atoms with E-state index in [4.69, 9.17) is 5.73 Å².